The van der Waals surface area contributed by atoms with Crippen LogP contribution >= 0.6 is 0 Å². The minimum absolute atomic E-state index is 0.0821. The summed E-state index contributed by atoms with van der Waals surface area (Å²) < 4.78 is 0. The maximum absolute atomic E-state index is 11.6. The molecular weight excluding hydrogens is 214 g/mol. The minimum atomic E-state index is -0.408. The Morgan fingerprint density at radius 2 is 1.94 bits per heavy atom. The van der Waals surface area contributed by atoms with E-state index >= 15 is 0 Å². The first-order valence-corrected chi connectivity index (χ1v) is 6.56. The highest BCUT2D eigenvalue weighted by atomic mass is 16.2. The fourth-order valence-electron chi connectivity index (χ4n) is 2.43. The summed E-state index contributed by atoms with van der Waals surface area (Å²) in [7, 11) is 0. The average Bonchev–Trinajstić information content (AvgIpc) is 2.31. The normalized spacial score (nSPS) is 21.2. The molecule has 0 spiro atoms. The van der Waals surface area contributed by atoms with Gasteiger partial charge in [0.25, 0.3) is 0 Å². The van der Waals surface area contributed by atoms with Gasteiger partial charge in [0.05, 0.1) is 5.41 Å². The molecule has 1 saturated heterocycles. The smallest absolute Gasteiger partial charge is 0.240 e. The highest BCUT2D eigenvalue weighted by molar-refractivity contribution is 5.81. The molecule has 1 rings (SSSR count). The molecule has 0 atom stereocenters. The van der Waals surface area contributed by atoms with Gasteiger partial charge in [-0.3, -0.25) is 10.2 Å². The highest BCUT2D eigenvalue weighted by Crippen LogP contribution is 2.34. The van der Waals surface area contributed by atoms with Crippen molar-refractivity contribution in [3.05, 3.63) is 0 Å². The van der Waals surface area contributed by atoms with Crippen LogP contribution in [0.25, 0.3) is 0 Å². The van der Waals surface area contributed by atoms with E-state index in [1.807, 2.05) is 13.8 Å². The quantitative estimate of drug-likeness (QED) is 0.446. The lowest BCUT2D eigenvalue weighted by Gasteiger charge is -2.41. The van der Waals surface area contributed by atoms with Crippen molar-refractivity contribution in [3.8, 4) is 0 Å². The molecule has 0 aromatic heterocycles. The zero-order valence-corrected chi connectivity index (χ0v) is 11.7. The van der Waals surface area contributed by atoms with Crippen LogP contribution in [0.1, 0.15) is 47.0 Å². The summed E-state index contributed by atoms with van der Waals surface area (Å²) >= 11 is 0. The van der Waals surface area contributed by atoms with Gasteiger partial charge in [-0.2, -0.15) is 0 Å². The fraction of sp³-hybridized carbons (Fsp3) is 0.923. The molecule has 0 unspecified atom stereocenters. The molecule has 0 aromatic carbocycles. The molecule has 0 radical (unpaired) electrons. The van der Waals surface area contributed by atoms with E-state index < -0.39 is 5.41 Å². The van der Waals surface area contributed by atoms with E-state index in [9.17, 15) is 4.79 Å². The molecule has 1 amide bonds. The third-order valence-corrected chi connectivity index (χ3v) is 4.28. The van der Waals surface area contributed by atoms with Gasteiger partial charge in [0.1, 0.15) is 0 Å². The zero-order chi connectivity index (χ0) is 13.1. The van der Waals surface area contributed by atoms with E-state index in [-0.39, 0.29) is 5.91 Å². The van der Waals surface area contributed by atoms with Gasteiger partial charge in [0, 0.05) is 6.54 Å². The Morgan fingerprint density at radius 3 is 2.35 bits per heavy atom. The van der Waals surface area contributed by atoms with Crippen molar-refractivity contribution in [3.63, 3.8) is 0 Å². The molecule has 3 N–H and O–H groups in total. The number of hydrazine groups is 1. The van der Waals surface area contributed by atoms with Gasteiger partial charge in [-0.1, -0.05) is 20.3 Å². The number of likely N-dealkylation sites (tertiary alicyclic amines) is 1. The Morgan fingerprint density at radius 1 is 1.41 bits per heavy atom. The fourth-order valence-corrected chi connectivity index (χ4v) is 2.43. The summed E-state index contributed by atoms with van der Waals surface area (Å²) in [6, 6.07) is 0. The van der Waals surface area contributed by atoms with Crippen LogP contribution in [0.2, 0.25) is 0 Å². The number of amides is 1. The average molecular weight is 241 g/mol. The molecule has 17 heavy (non-hydrogen) atoms. The Bertz CT molecular complexity index is 268. The second-order valence-electron chi connectivity index (χ2n) is 6.30. The summed E-state index contributed by atoms with van der Waals surface area (Å²) in [6.45, 7) is 11.5. The number of nitrogens with two attached hydrogens (primary N) is 1. The first-order valence-electron chi connectivity index (χ1n) is 6.56. The van der Waals surface area contributed by atoms with E-state index in [0.29, 0.717) is 5.41 Å². The monoisotopic (exact) mass is 241 g/mol. The summed E-state index contributed by atoms with van der Waals surface area (Å²) in [5.74, 6) is 5.13. The second-order valence-corrected chi connectivity index (χ2v) is 6.30. The number of carbonyl (C=O) groups excluding carboxylic acids is 1. The van der Waals surface area contributed by atoms with Crippen LogP contribution in [0.4, 0.5) is 0 Å². The topological polar surface area (TPSA) is 58.4 Å². The third-order valence-electron chi connectivity index (χ3n) is 4.28. The van der Waals surface area contributed by atoms with Crippen LogP contribution in [-0.4, -0.2) is 30.4 Å². The van der Waals surface area contributed by atoms with Gasteiger partial charge < -0.3 is 4.90 Å². The lowest BCUT2D eigenvalue weighted by atomic mass is 9.77. The molecule has 1 aliphatic rings. The molecular formula is C13H27N3O. The van der Waals surface area contributed by atoms with E-state index in [2.05, 4.69) is 24.2 Å². The maximum atomic E-state index is 11.6. The van der Waals surface area contributed by atoms with Gasteiger partial charge >= 0.3 is 0 Å². The highest BCUT2D eigenvalue weighted by Gasteiger charge is 2.33. The van der Waals surface area contributed by atoms with Crippen molar-refractivity contribution in [2.24, 2.45) is 16.7 Å². The SMILES string of the molecule is CCC1(C)CCN(CC(C)(C)C(=O)NN)CC1. The number of hydrogen-bond donors (Lipinski definition) is 2. The van der Waals surface area contributed by atoms with Gasteiger partial charge in [-0.25, -0.2) is 5.84 Å². The largest absolute Gasteiger partial charge is 0.302 e. The van der Waals surface area contributed by atoms with E-state index in [4.69, 9.17) is 5.84 Å². The third kappa shape index (κ3) is 3.68. The van der Waals surface area contributed by atoms with Gasteiger partial charge in [0.2, 0.25) is 5.91 Å². The molecule has 100 valence electrons. The summed E-state index contributed by atoms with van der Waals surface area (Å²) in [5.41, 5.74) is 2.35. The van der Waals surface area contributed by atoms with E-state index in [0.717, 1.165) is 19.6 Å². The molecule has 1 heterocycles. The Balaban J connectivity index is 2.48. The standard InChI is InChI=1S/C13H27N3O/c1-5-13(4)6-8-16(9-7-13)10-12(2,3)11(17)15-14/h5-10,14H2,1-4H3,(H,15,17). The maximum Gasteiger partial charge on any atom is 0.240 e. The summed E-state index contributed by atoms with van der Waals surface area (Å²) in [4.78, 5) is 14.0. The van der Waals surface area contributed by atoms with Crippen LogP contribution in [0.5, 0.6) is 0 Å². The van der Waals surface area contributed by atoms with Crippen LogP contribution in [0.15, 0.2) is 0 Å². The van der Waals surface area contributed by atoms with Crippen molar-refractivity contribution >= 4 is 5.91 Å². The lowest BCUT2D eigenvalue weighted by Crippen LogP contribution is -2.49. The van der Waals surface area contributed by atoms with Gasteiger partial charge in [-0.15, -0.1) is 0 Å². The zero-order valence-electron chi connectivity index (χ0n) is 11.7. The predicted molar refractivity (Wildman–Crippen MR) is 70.2 cm³/mol. The Kier molecular flexibility index (Phi) is 4.55. The molecule has 1 aliphatic heterocycles. The van der Waals surface area contributed by atoms with Crippen molar-refractivity contribution < 1.29 is 4.79 Å². The predicted octanol–water partition coefficient (Wildman–Crippen LogP) is 1.51. The molecule has 4 heteroatoms. The number of rotatable bonds is 4. The van der Waals surface area contributed by atoms with Crippen LogP contribution in [0.3, 0.4) is 0 Å². The van der Waals surface area contributed by atoms with Crippen molar-refractivity contribution in [2.75, 3.05) is 19.6 Å². The molecule has 0 bridgehead atoms. The molecule has 0 aromatic rings. The van der Waals surface area contributed by atoms with Crippen LogP contribution < -0.4 is 11.3 Å². The Labute approximate surface area is 105 Å². The van der Waals surface area contributed by atoms with Gasteiger partial charge in [0.15, 0.2) is 0 Å². The number of nitrogens with zero attached hydrogens (tertiary/aromatic N) is 1. The number of nitrogens with one attached hydrogen (secondary N) is 1. The van der Waals surface area contributed by atoms with Crippen molar-refractivity contribution in [2.45, 2.75) is 47.0 Å². The summed E-state index contributed by atoms with van der Waals surface area (Å²) in [5, 5.41) is 0. The molecule has 1 fully saturated rings. The van der Waals surface area contributed by atoms with E-state index in [1.54, 1.807) is 0 Å². The van der Waals surface area contributed by atoms with Crippen molar-refractivity contribution in [1.82, 2.24) is 10.3 Å². The number of carbonyl (C=O) groups is 1. The van der Waals surface area contributed by atoms with Crippen LogP contribution in [0, 0.1) is 10.8 Å². The van der Waals surface area contributed by atoms with Crippen LogP contribution in [-0.2, 0) is 4.79 Å². The summed E-state index contributed by atoms with van der Waals surface area (Å²) in [6.07, 6.45) is 3.70. The number of piperidine rings is 1. The first-order chi connectivity index (χ1) is 7.83. The minimum Gasteiger partial charge on any atom is -0.302 e. The molecule has 4 nitrogen and oxygen atoms in total. The molecule has 0 saturated carbocycles. The van der Waals surface area contributed by atoms with Gasteiger partial charge in [-0.05, 0) is 45.2 Å². The first kappa shape index (κ1) is 14.5. The van der Waals surface area contributed by atoms with Crippen molar-refractivity contribution in [1.29, 1.82) is 0 Å². The number of hydrogen-bond acceptors (Lipinski definition) is 3. The van der Waals surface area contributed by atoms with E-state index in [1.165, 1.54) is 19.3 Å². The second kappa shape index (κ2) is 5.36. The lowest BCUT2D eigenvalue weighted by molar-refractivity contribution is -0.130. The molecule has 0 aliphatic carbocycles. The Hall–Kier alpha value is -0.610.